The summed E-state index contributed by atoms with van der Waals surface area (Å²) in [6, 6.07) is 10.2. The topological polar surface area (TPSA) is 20.2 Å². The summed E-state index contributed by atoms with van der Waals surface area (Å²) in [6.07, 6.45) is 1.85. The lowest BCUT2D eigenvalue weighted by molar-refractivity contribution is 0.180. The summed E-state index contributed by atoms with van der Waals surface area (Å²) in [4.78, 5) is 1.24. The summed E-state index contributed by atoms with van der Waals surface area (Å²) < 4.78 is 0. The Morgan fingerprint density at radius 1 is 1.13 bits per heavy atom. The van der Waals surface area contributed by atoms with Gasteiger partial charge in [-0.2, -0.15) is 0 Å². The molecule has 84 valence electrons. The maximum atomic E-state index is 9.74. The fourth-order valence-corrected chi connectivity index (χ4v) is 2.22. The highest BCUT2D eigenvalue weighted by atomic mass is 32.2. The van der Waals surface area contributed by atoms with E-state index < -0.39 is 0 Å². The molecule has 0 saturated carbocycles. The van der Waals surface area contributed by atoms with Crippen molar-refractivity contribution in [2.24, 2.45) is 5.92 Å². The second-order valence-electron chi connectivity index (χ2n) is 4.25. The summed E-state index contributed by atoms with van der Waals surface area (Å²) in [5.41, 5.74) is 0. The van der Waals surface area contributed by atoms with Crippen LogP contribution in [0.3, 0.4) is 0 Å². The van der Waals surface area contributed by atoms with E-state index in [0.717, 1.165) is 18.6 Å². The fourth-order valence-electron chi connectivity index (χ4n) is 1.32. The van der Waals surface area contributed by atoms with Gasteiger partial charge in [-0.25, -0.2) is 0 Å². The maximum absolute atomic E-state index is 9.74. The Balaban J connectivity index is 2.19. The average Bonchev–Trinajstić information content (AvgIpc) is 2.25. The van der Waals surface area contributed by atoms with E-state index in [9.17, 15) is 5.11 Å². The molecule has 0 heterocycles. The molecule has 0 amide bonds. The lowest BCUT2D eigenvalue weighted by Gasteiger charge is -2.11. The monoisotopic (exact) mass is 224 g/mol. The molecule has 1 nitrogen and oxygen atoms in total. The van der Waals surface area contributed by atoms with Crippen molar-refractivity contribution in [3.8, 4) is 0 Å². The first-order valence-corrected chi connectivity index (χ1v) is 6.53. The standard InChI is InChI=1S/C13H20OS/c1-11(2)8-9-12(14)10-15-13-6-4-3-5-7-13/h3-7,11-12,14H,8-10H2,1-2H3. The first-order valence-electron chi connectivity index (χ1n) is 5.54. The number of benzene rings is 1. The van der Waals surface area contributed by atoms with Crippen LogP contribution in [0.1, 0.15) is 26.7 Å². The summed E-state index contributed by atoms with van der Waals surface area (Å²) >= 11 is 1.73. The van der Waals surface area contributed by atoms with Crippen LogP contribution in [-0.4, -0.2) is 17.0 Å². The van der Waals surface area contributed by atoms with E-state index in [1.807, 2.05) is 18.2 Å². The van der Waals surface area contributed by atoms with Crippen LogP contribution in [0, 0.1) is 5.92 Å². The Kier molecular flexibility index (Phi) is 5.81. The molecule has 0 aliphatic rings. The van der Waals surface area contributed by atoms with Crippen LogP contribution in [0.25, 0.3) is 0 Å². The van der Waals surface area contributed by atoms with E-state index in [-0.39, 0.29) is 6.10 Å². The van der Waals surface area contributed by atoms with E-state index in [0.29, 0.717) is 5.92 Å². The smallest absolute Gasteiger partial charge is 0.0634 e. The molecule has 0 aromatic heterocycles. The normalized spacial score (nSPS) is 13.1. The molecule has 0 fully saturated rings. The number of thioether (sulfide) groups is 1. The third-order valence-corrected chi connectivity index (χ3v) is 3.42. The van der Waals surface area contributed by atoms with Crippen molar-refractivity contribution in [3.63, 3.8) is 0 Å². The van der Waals surface area contributed by atoms with Crippen molar-refractivity contribution < 1.29 is 5.11 Å². The van der Waals surface area contributed by atoms with Gasteiger partial charge in [-0.05, 0) is 30.9 Å². The molecule has 0 saturated heterocycles. The van der Waals surface area contributed by atoms with Crippen LogP contribution in [-0.2, 0) is 0 Å². The molecular weight excluding hydrogens is 204 g/mol. The maximum Gasteiger partial charge on any atom is 0.0634 e. The Hall–Kier alpha value is -0.470. The Morgan fingerprint density at radius 3 is 2.40 bits per heavy atom. The van der Waals surface area contributed by atoms with E-state index in [4.69, 9.17) is 0 Å². The van der Waals surface area contributed by atoms with Gasteiger partial charge in [0, 0.05) is 10.6 Å². The summed E-state index contributed by atoms with van der Waals surface area (Å²) in [7, 11) is 0. The minimum Gasteiger partial charge on any atom is -0.392 e. The molecule has 0 aliphatic heterocycles. The molecule has 15 heavy (non-hydrogen) atoms. The molecule has 0 radical (unpaired) electrons. The van der Waals surface area contributed by atoms with E-state index in [1.54, 1.807) is 11.8 Å². The molecule has 1 unspecified atom stereocenters. The lowest BCUT2D eigenvalue weighted by Crippen LogP contribution is -2.10. The zero-order chi connectivity index (χ0) is 11.1. The Morgan fingerprint density at radius 2 is 1.80 bits per heavy atom. The molecule has 0 spiro atoms. The van der Waals surface area contributed by atoms with Crippen molar-refractivity contribution >= 4 is 11.8 Å². The van der Waals surface area contributed by atoms with Gasteiger partial charge in [0.1, 0.15) is 0 Å². The minimum absolute atomic E-state index is 0.169. The molecule has 1 rings (SSSR count). The van der Waals surface area contributed by atoms with Crippen LogP contribution in [0.15, 0.2) is 35.2 Å². The molecule has 2 heteroatoms. The second-order valence-corrected chi connectivity index (χ2v) is 5.34. The van der Waals surface area contributed by atoms with E-state index >= 15 is 0 Å². The van der Waals surface area contributed by atoms with Gasteiger partial charge in [-0.15, -0.1) is 11.8 Å². The SMILES string of the molecule is CC(C)CCC(O)CSc1ccccc1. The van der Waals surface area contributed by atoms with Gasteiger partial charge in [0.2, 0.25) is 0 Å². The van der Waals surface area contributed by atoms with Gasteiger partial charge in [0.15, 0.2) is 0 Å². The zero-order valence-corrected chi connectivity index (χ0v) is 10.3. The van der Waals surface area contributed by atoms with Crippen molar-refractivity contribution in [3.05, 3.63) is 30.3 Å². The van der Waals surface area contributed by atoms with Gasteiger partial charge in [0.25, 0.3) is 0 Å². The van der Waals surface area contributed by atoms with Gasteiger partial charge in [-0.1, -0.05) is 32.0 Å². The summed E-state index contributed by atoms with van der Waals surface area (Å²) in [6.45, 7) is 4.38. The number of rotatable bonds is 6. The minimum atomic E-state index is -0.169. The number of hydrogen-bond acceptors (Lipinski definition) is 2. The molecule has 1 N–H and O–H groups in total. The number of aliphatic hydroxyl groups excluding tert-OH is 1. The highest BCUT2D eigenvalue weighted by Gasteiger charge is 2.06. The van der Waals surface area contributed by atoms with Crippen LogP contribution < -0.4 is 0 Å². The van der Waals surface area contributed by atoms with Crippen LogP contribution in [0.4, 0.5) is 0 Å². The molecule has 1 aromatic rings. The lowest BCUT2D eigenvalue weighted by atomic mass is 10.1. The highest BCUT2D eigenvalue weighted by Crippen LogP contribution is 2.19. The quantitative estimate of drug-likeness (QED) is 0.745. The second kappa shape index (κ2) is 6.91. The largest absolute Gasteiger partial charge is 0.392 e. The zero-order valence-electron chi connectivity index (χ0n) is 9.52. The number of hydrogen-bond donors (Lipinski definition) is 1. The molecule has 1 atom stereocenters. The summed E-state index contributed by atoms with van der Waals surface area (Å²) in [5, 5.41) is 9.74. The van der Waals surface area contributed by atoms with Gasteiger partial charge in [0.05, 0.1) is 6.10 Å². The molecule has 0 aliphatic carbocycles. The first kappa shape index (κ1) is 12.6. The Bertz CT molecular complexity index is 258. The molecule has 0 bridgehead atoms. The van der Waals surface area contributed by atoms with Gasteiger partial charge >= 0.3 is 0 Å². The van der Waals surface area contributed by atoms with Gasteiger partial charge in [-0.3, -0.25) is 0 Å². The predicted octanol–water partition coefficient (Wildman–Crippen LogP) is 3.58. The van der Waals surface area contributed by atoms with Crippen molar-refractivity contribution in [2.45, 2.75) is 37.7 Å². The van der Waals surface area contributed by atoms with Gasteiger partial charge < -0.3 is 5.11 Å². The molecule has 1 aromatic carbocycles. The average molecular weight is 224 g/mol. The third-order valence-electron chi connectivity index (χ3n) is 2.26. The van der Waals surface area contributed by atoms with Crippen molar-refractivity contribution in [1.29, 1.82) is 0 Å². The fraction of sp³-hybridized carbons (Fsp3) is 0.538. The highest BCUT2D eigenvalue weighted by molar-refractivity contribution is 7.99. The van der Waals surface area contributed by atoms with Crippen molar-refractivity contribution in [1.82, 2.24) is 0 Å². The van der Waals surface area contributed by atoms with Crippen LogP contribution >= 0.6 is 11.8 Å². The van der Waals surface area contributed by atoms with E-state index in [2.05, 4.69) is 26.0 Å². The molecular formula is C13H20OS. The number of aliphatic hydroxyl groups is 1. The summed E-state index contributed by atoms with van der Waals surface area (Å²) in [5.74, 6) is 1.48. The van der Waals surface area contributed by atoms with Crippen LogP contribution in [0.2, 0.25) is 0 Å². The van der Waals surface area contributed by atoms with Crippen molar-refractivity contribution in [2.75, 3.05) is 5.75 Å². The Labute approximate surface area is 96.9 Å². The van der Waals surface area contributed by atoms with E-state index in [1.165, 1.54) is 4.90 Å². The first-order chi connectivity index (χ1) is 7.18. The predicted molar refractivity (Wildman–Crippen MR) is 67.2 cm³/mol. The third kappa shape index (κ3) is 5.85. The van der Waals surface area contributed by atoms with Crippen LogP contribution in [0.5, 0.6) is 0 Å².